The molecule has 2 rings (SSSR count). The minimum atomic E-state index is -0.280. The topological polar surface area (TPSA) is 23.5 Å². The molecule has 0 saturated carbocycles. The van der Waals surface area contributed by atoms with E-state index in [2.05, 4.69) is 0 Å². The quantitative estimate of drug-likeness (QED) is 0.914. The summed E-state index contributed by atoms with van der Waals surface area (Å²) in [5, 5.41) is 9.55. The summed E-state index contributed by atoms with van der Waals surface area (Å²) in [6.45, 7) is -0.0945. The van der Waals surface area contributed by atoms with Gasteiger partial charge in [0.25, 0.3) is 0 Å². The van der Waals surface area contributed by atoms with Gasteiger partial charge in [0.05, 0.1) is 6.61 Å². The van der Waals surface area contributed by atoms with Gasteiger partial charge in [0.15, 0.2) is 0 Å². The number of rotatable bonds is 3. The zero-order chi connectivity index (χ0) is 13.1. The second-order valence-corrected chi connectivity index (χ2v) is 4.38. The average Bonchev–Trinajstić information content (AvgIpc) is 2.37. The highest BCUT2D eigenvalue weighted by Crippen LogP contribution is 2.28. The van der Waals surface area contributed by atoms with Gasteiger partial charge in [0.2, 0.25) is 0 Å². The third-order valence-corrected chi connectivity index (χ3v) is 3.14. The zero-order valence-corrected chi connectivity index (χ0v) is 10.7. The molecule has 1 N–H and O–H groups in total. The van der Waals surface area contributed by atoms with Crippen LogP contribution in [0.4, 0.5) is 15.8 Å². The van der Waals surface area contributed by atoms with Crippen LogP contribution in [0.2, 0.25) is 5.02 Å². The van der Waals surface area contributed by atoms with E-state index in [9.17, 15) is 4.39 Å². The van der Waals surface area contributed by atoms with Crippen molar-refractivity contribution in [1.29, 1.82) is 0 Å². The fourth-order valence-electron chi connectivity index (χ4n) is 1.71. The predicted molar refractivity (Wildman–Crippen MR) is 71.8 cm³/mol. The van der Waals surface area contributed by atoms with Crippen LogP contribution in [0.3, 0.4) is 0 Å². The molecule has 0 bridgehead atoms. The molecule has 0 aliphatic carbocycles. The standard InChI is InChI=1S/C14H13ClFNO/c1-17(12-4-2-3-11(16)7-12)13-6-5-10(9-18)14(15)8-13/h2-8,18H,9H2,1H3. The maximum Gasteiger partial charge on any atom is 0.125 e. The maximum atomic E-state index is 13.2. The Bertz CT molecular complexity index is 559. The van der Waals surface area contributed by atoms with Gasteiger partial charge in [-0.15, -0.1) is 0 Å². The Kier molecular flexibility index (Phi) is 3.84. The lowest BCUT2D eigenvalue weighted by Gasteiger charge is -2.20. The van der Waals surface area contributed by atoms with Crippen LogP contribution in [0.25, 0.3) is 0 Å². The molecule has 0 spiro atoms. The normalized spacial score (nSPS) is 10.4. The molecular formula is C14H13ClFNO. The van der Waals surface area contributed by atoms with Gasteiger partial charge in [-0.25, -0.2) is 4.39 Å². The van der Waals surface area contributed by atoms with Crippen LogP contribution in [0.5, 0.6) is 0 Å². The van der Waals surface area contributed by atoms with Crippen LogP contribution in [0.15, 0.2) is 42.5 Å². The average molecular weight is 266 g/mol. The molecule has 2 aromatic carbocycles. The molecule has 0 atom stereocenters. The van der Waals surface area contributed by atoms with E-state index in [1.165, 1.54) is 12.1 Å². The summed E-state index contributed by atoms with van der Waals surface area (Å²) in [4.78, 5) is 1.83. The van der Waals surface area contributed by atoms with Crippen molar-refractivity contribution in [2.24, 2.45) is 0 Å². The molecular weight excluding hydrogens is 253 g/mol. The molecule has 0 radical (unpaired) electrons. The van der Waals surface area contributed by atoms with Crippen LogP contribution in [0.1, 0.15) is 5.56 Å². The molecule has 2 aromatic rings. The Morgan fingerprint density at radius 2 is 1.89 bits per heavy atom. The van der Waals surface area contributed by atoms with Crippen molar-refractivity contribution < 1.29 is 9.50 Å². The van der Waals surface area contributed by atoms with E-state index < -0.39 is 0 Å². The van der Waals surface area contributed by atoms with Gasteiger partial charge < -0.3 is 10.0 Å². The monoisotopic (exact) mass is 265 g/mol. The van der Waals surface area contributed by atoms with Gasteiger partial charge in [-0.1, -0.05) is 23.7 Å². The van der Waals surface area contributed by atoms with Crippen LogP contribution < -0.4 is 4.90 Å². The van der Waals surface area contributed by atoms with Gasteiger partial charge in [0, 0.05) is 23.4 Å². The fourth-order valence-corrected chi connectivity index (χ4v) is 1.94. The third-order valence-electron chi connectivity index (χ3n) is 2.79. The van der Waals surface area contributed by atoms with Gasteiger partial charge in [-0.05, 0) is 35.9 Å². The van der Waals surface area contributed by atoms with Crippen molar-refractivity contribution in [2.75, 3.05) is 11.9 Å². The minimum Gasteiger partial charge on any atom is -0.392 e. The molecule has 0 aromatic heterocycles. The molecule has 0 fully saturated rings. The summed E-state index contributed by atoms with van der Waals surface area (Å²) in [5.74, 6) is -0.280. The zero-order valence-electron chi connectivity index (χ0n) is 9.90. The van der Waals surface area contributed by atoms with E-state index in [0.29, 0.717) is 10.6 Å². The number of hydrogen-bond donors (Lipinski definition) is 1. The van der Waals surface area contributed by atoms with Gasteiger partial charge >= 0.3 is 0 Å². The Balaban J connectivity index is 2.34. The van der Waals surface area contributed by atoms with Crippen molar-refractivity contribution in [3.05, 3.63) is 58.9 Å². The Hall–Kier alpha value is -1.58. The van der Waals surface area contributed by atoms with E-state index in [-0.39, 0.29) is 12.4 Å². The molecule has 4 heteroatoms. The summed E-state index contributed by atoms with van der Waals surface area (Å²) in [7, 11) is 1.83. The number of aliphatic hydroxyl groups is 1. The molecule has 0 aliphatic heterocycles. The predicted octanol–water partition coefficient (Wildman–Crippen LogP) is 3.74. The molecule has 0 unspecified atom stereocenters. The first kappa shape index (κ1) is 12.9. The summed E-state index contributed by atoms with van der Waals surface area (Å²) in [5.41, 5.74) is 2.25. The van der Waals surface area contributed by atoms with Crippen molar-refractivity contribution in [2.45, 2.75) is 6.61 Å². The van der Waals surface area contributed by atoms with E-state index >= 15 is 0 Å². The molecule has 94 valence electrons. The molecule has 0 amide bonds. The van der Waals surface area contributed by atoms with Crippen LogP contribution in [-0.2, 0) is 6.61 Å². The highest BCUT2D eigenvalue weighted by atomic mass is 35.5. The van der Waals surface area contributed by atoms with E-state index in [1.807, 2.05) is 24.1 Å². The van der Waals surface area contributed by atoms with Crippen molar-refractivity contribution in [1.82, 2.24) is 0 Å². The smallest absolute Gasteiger partial charge is 0.125 e. The molecule has 2 nitrogen and oxygen atoms in total. The lowest BCUT2D eigenvalue weighted by atomic mass is 10.2. The summed E-state index contributed by atoms with van der Waals surface area (Å²) in [6, 6.07) is 11.7. The van der Waals surface area contributed by atoms with E-state index in [0.717, 1.165) is 11.4 Å². The molecule has 0 saturated heterocycles. The summed E-state index contributed by atoms with van der Waals surface area (Å²) in [6.07, 6.45) is 0. The number of hydrogen-bond acceptors (Lipinski definition) is 2. The van der Waals surface area contributed by atoms with Crippen molar-refractivity contribution in [3.8, 4) is 0 Å². The summed E-state index contributed by atoms with van der Waals surface area (Å²) < 4.78 is 13.2. The van der Waals surface area contributed by atoms with Crippen molar-refractivity contribution in [3.63, 3.8) is 0 Å². The fraction of sp³-hybridized carbons (Fsp3) is 0.143. The second kappa shape index (κ2) is 5.38. The number of aliphatic hydroxyl groups excluding tert-OH is 1. The second-order valence-electron chi connectivity index (χ2n) is 3.97. The maximum absolute atomic E-state index is 13.2. The minimum absolute atomic E-state index is 0.0945. The number of nitrogens with zero attached hydrogens (tertiary/aromatic N) is 1. The van der Waals surface area contributed by atoms with Crippen molar-refractivity contribution >= 4 is 23.0 Å². The molecule has 18 heavy (non-hydrogen) atoms. The first-order chi connectivity index (χ1) is 8.61. The Labute approximate surface area is 110 Å². The number of anilines is 2. The molecule has 0 aliphatic rings. The first-order valence-corrected chi connectivity index (χ1v) is 5.88. The summed E-state index contributed by atoms with van der Waals surface area (Å²) >= 11 is 6.03. The Morgan fingerprint density at radius 1 is 1.17 bits per heavy atom. The highest BCUT2D eigenvalue weighted by Gasteiger charge is 2.07. The molecule has 0 heterocycles. The van der Waals surface area contributed by atoms with Gasteiger partial charge in [0.1, 0.15) is 5.82 Å². The number of halogens is 2. The van der Waals surface area contributed by atoms with Crippen LogP contribution in [-0.4, -0.2) is 12.2 Å². The van der Waals surface area contributed by atoms with Gasteiger partial charge in [-0.3, -0.25) is 0 Å². The Morgan fingerprint density at radius 3 is 2.50 bits per heavy atom. The van der Waals surface area contributed by atoms with Gasteiger partial charge in [-0.2, -0.15) is 0 Å². The highest BCUT2D eigenvalue weighted by molar-refractivity contribution is 6.31. The largest absolute Gasteiger partial charge is 0.392 e. The lowest BCUT2D eigenvalue weighted by Crippen LogP contribution is -2.09. The van der Waals surface area contributed by atoms with E-state index in [1.54, 1.807) is 18.2 Å². The SMILES string of the molecule is CN(c1cccc(F)c1)c1ccc(CO)c(Cl)c1. The van der Waals surface area contributed by atoms with E-state index in [4.69, 9.17) is 16.7 Å². The van der Waals surface area contributed by atoms with Crippen LogP contribution in [0, 0.1) is 5.82 Å². The third kappa shape index (κ3) is 2.63. The lowest BCUT2D eigenvalue weighted by molar-refractivity contribution is 0.282. The van der Waals surface area contributed by atoms with Crippen LogP contribution >= 0.6 is 11.6 Å². The number of benzene rings is 2. The first-order valence-electron chi connectivity index (χ1n) is 5.50.